The summed E-state index contributed by atoms with van der Waals surface area (Å²) in [5, 5.41) is 3.32. The largest absolute Gasteiger partial charge is 0.375 e. The van der Waals surface area contributed by atoms with Crippen molar-refractivity contribution in [1.29, 1.82) is 0 Å². The summed E-state index contributed by atoms with van der Waals surface area (Å²) in [5.74, 6) is 0. The molecule has 2 aliphatic heterocycles. The lowest BCUT2D eigenvalue weighted by Gasteiger charge is -2.10. The molecule has 0 aromatic heterocycles. The molecule has 2 rings (SSSR count). The minimum atomic E-state index is 0.234. The smallest absolute Gasteiger partial charge is 0.0891 e. The Balaban J connectivity index is 2.07. The van der Waals surface area contributed by atoms with E-state index in [4.69, 9.17) is 10.5 Å². The first-order chi connectivity index (χ1) is 4.38. The second kappa shape index (κ2) is 1.94. The Morgan fingerprint density at radius 3 is 3.22 bits per heavy atom. The van der Waals surface area contributed by atoms with Crippen molar-refractivity contribution in [2.45, 2.75) is 24.6 Å². The molecule has 2 heterocycles. The zero-order valence-electron chi connectivity index (χ0n) is 5.34. The Labute approximate surface area is 54.6 Å². The summed E-state index contributed by atoms with van der Waals surface area (Å²) >= 11 is 0. The monoisotopic (exact) mass is 128 g/mol. The molecule has 9 heavy (non-hydrogen) atoms. The summed E-state index contributed by atoms with van der Waals surface area (Å²) in [6.45, 7) is 1.81. The second-order valence-corrected chi connectivity index (χ2v) is 2.80. The van der Waals surface area contributed by atoms with Crippen LogP contribution in [0.2, 0.25) is 0 Å². The van der Waals surface area contributed by atoms with Crippen molar-refractivity contribution in [3.05, 3.63) is 0 Å². The van der Waals surface area contributed by atoms with E-state index in [1.807, 2.05) is 0 Å². The fraction of sp³-hybridized carbons (Fsp3) is 1.00. The Morgan fingerprint density at radius 2 is 2.44 bits per heavy atom. The van der Waals surface area contributed by atoms with E-state index in [1.165, 1.54) is 0 Å². The summed E-state index contributed by atoms with van der Waals surface area (Å²) in [5.41, 5.74) is 5.73. The first kappa shape index (κ1) is 5.65. The molecular weight excluding hydrogens is 116 g/mol. The van der Waals surface area contributed by atoms with E-state index in [9.17, 15) is 0 Å². The molecule has 2 fully saturated rings. The molecule has 0 radical (unpaired) electrons. The van der Waals surface area contributed by atoms with Crippen molar-refractivity contribution in [3.8, 4) is 0 Å². The van der Waals surface area contributed by atoms with Crippen LogP contribution >= 0.6 is 0 Å². The van der Waals surface area contributed by atoms with Crippen LogP contribution in [0.1, 0.15) is 6.42 Å². The van der Waals surface area contributed by atoms with Gasteiger partial charge >= 0.3 is 0 Å². The maximum Gasteiger partial charge on any atom is 0.0891 e. The maximum atomic E-state index is 5.73. The number of hydrogen-bond donors (Lipinski definition) is 2. The standard InChI is InChI=1S/C6H12N2O/c7-4-3-8-5-1-2-9-6(4)5/h4-6,8H,1-3,7H2. The third kappa shape index (κ3) is 0.764. The minimum absolute atomic E-state index is 0.234. The van der Waals surface area contributed by atoms with Gasteiger partial charge in [0.05, 0.1) is 6.10 Å². The molecule has 52 valence electrons. The molecule has 0 aromatic rings. The van der Waals surface area contributed by atoms with Crippen LogP contribution in [0.4, 0.5) is 0 Å². The fourth-order valence-electron chi connectivity index (χ4n) is 1.66. The number of ether oxygens (including phenoxy) is 1. The third-order valence-electron chi connectivity index (χ3n) is 2.17. The molecule has 3 atom stereocenters. The van der Waals surface area contributed by atoms with Crippen molar-refractivity contribution < 1.29 is 4.74 Å². The molecule has 0 aliphatic carbocycles. The van der Waals surface area contributed by atoms with E-state index >= 15 is 0 Å². The molecular formula is C6H12N2O. The Morgan fingerprint density at radius 1 is 1.56 bits per heavy atom. The van der Waals surface area contributed by atoms with Gasteiger partial charge in [-0.05, 0) is 6.42 Å². The van der Waals surface area contributed by atoms with Crippen molar-refractivity contribution in [2.24, 2.45) is 5.73 Å². The van der Waals surface area contributed by atoms with Crippen molar-refractivity contribution in [1.82, 2.24) is 5.32 Å². The number of nitrogens with two attached hydrogens (primary N) is 1. The number of fused-ring (bicyclic) bond motifs is 1. The molecule has 3 heteroatoms. The first-order valence-corrected chi connectivity index (χ1v) is 3.48. The SMILES string of the molecule is NC1CNC2CCOC12. The highest BCUT2D eigenvalue weighted by Gasteiger charge is 2.37. The highest BCUT2D eigenvalue weighted by molar-refractivity contribution is 4.97. The molecule has 2 saturated heterocycles. The molecule has 2 aliphatic rings. The van der Waals surface area contributed by atoms with Gasteiger partial charge < -0.3 is 15.8 Å². The number of hydrogen-bond acceptors (Lipinski definition) is 3. The highest BCUT2D eigenvalue weighted by Crippen LogP contribution is 2.19. The van der Waals surface area contributed by atoms with Crippen LogP contribution in [0, 0.1) is 0 Å². The van der Waals surface area contributed by atoms with E-state index in [2.05, 4.69) is 5.32 Å². The Kier molecular flexibility index (Phi) is 1.22. The van der Waals surface area contributed by atoms with Gasteiger partial charge in [0.15, 0.2) is 0 Å². The average molecular weight is 128 g/mol. The van der Waals surface area contributed by atoms with Gasteiger partial charge in [-0.1, -0.05) is 0 Å². The summed E-state index contributed by atoms with van der Waals surface area (Å²) in [6.07, 6.45) is 1.45. The van der Waals surface area contributed by atoms with E-state index in [0.717, 1.165) is 19.6 Å². The number of rotatable bonds is 0. The summed E-state index contributed by atoms with van der Waals surface area (Å²) in [4.78, 5) is 0. The molecule has 0 saturated carbocycles. The highest BCUT2D eigenvalue weighted by atomic mass is 16.5. The van der Waals surface area contributed by atoms with Crippen LogP contribution in [0.3, 0.4) is 0 Å². The van der Waals surface area contributed by atoms with E-state index in [-0.39, 0.29) is 6.04 Å². The molecule has 0 bridgehead atoms. The van der Waals surface area contributed by atoms with Crippen LogP contribution in [-0.4, -0.2) is 31.3 Å². The maximum absolute atomic E-state index is 5.73. The van der Waals surface area contributed by atoms with E-state index in [0.29, 0.717) is 12.1 Å². The quantitative estimate of drug-likeness (QED) is 0.443. The molecule has 0 amide bonds. The average Bonchev–Trinajstić information content (AvgIpc) is 2.35. The van der Waals surface area contributed by atoms with Crippen LogP contribution in [0.25, 0.3) is 0 Å². The Hall–Kier alpha value is -0.120. The predicted molar refractivity (Wildman–Crippen MR) is 34.1 cm³/mol. The van der Waals surface area contributed by atoms with Gasteiger partial charge in [-0.2, -0.15) is 0 Å². The lowest BCUT2D eigenvalue weighted by molar-refractivity contribution is 0.100. The summed E-state index contributed by atoms with van der Waals surface area (Å²) < 4.78 is 5.40. The second-order valence-electron chi connectivity index (χ2n) is 2.80. The Bertz CT molecular complexity index is 118. The lowest BCUT2D eigenvalue weighted by Crippen LogP contribution is -2.34. The van der Waals surface area contributed by atoms with Crippen molar-refractivity contribution in [2.75, 3.05) is 13.2 Å². The zero-order valence-corrected chi connectivity index (χ0v) is 5.34. The van der Waals surface area contributed by atoms with Gasteiger partial charge in [0.2, 0.25) is 0 Å². The first-order valence-electron chi connectivity index (χ1n) is 3.48. The van der Waals surface area contributed by atoms with E-state index < -0.39 is 0 Å². The fourth-order valence-corrected chi connectivity index (χ4v) is 1.66. The third-order valence-corrected chi connectivity index (χ3v) is 2.17. The summed E-state index contributed by atoms with van der Waals surface area (Å²) in [6, 6.07) is 0.789. The van der Waals surface area contributed by atoms with Gasteiger partial charge in [0.1, 0.15) is 0 Å². The normalized spacial score (nSPS) is 49.7. The zero-order chi connectivity index (χ0) is 6.27. The predicted octanol–water partition coefficient (Wildman–Crippen LogP) is -0.926. The minimum Gasteiger partial charge on any atom is -0.375 e. The molecule has 3 N–H and O–H groups in total. The van der Waals surface area contributed by atoms with Crippen LogP contribution in [0.5, 0.6) is 0 Å². The van der Waals surface area contributed by atoms with Crippen LogP contribution in [-0.2, 0) is 4.74 Å². The van der Waals surface area contributed by atoms with Gasteiger partial charge in [-0.15, -0.1) is 0 Å². The molecule has 0 spiro atoms. The molecule has 3 unspecified atom stereocenters. The van der Waals surface area contributed by atoms with Gasteiger partial charge in [0.25, 0.3) is 0 Å². The molecule has 0 aromatic carbocycles. The lowest BCUT2D eigenvalue weighted by atomic mass is 10.1. The topological polar surface area (TPSA) is 47.3 Å². The van der Waals surface area contributed by atoms with Crippen LogP contribution in [0.15, 0.2) is 0 Å². The van der Waals surface area contributed by atoms with Gasteiger partial charge in [-0.3, -0.25) is 0 Å². The van der Waals surface area contributed by atoms with Gasteiger partial charge in [0, 0.05) is 25.2 Å². The summed E-state index contributed by atoms with van der Waals surface area (Å²) in [7, 11) is 0. The van der Waals surface area contributed by atoms with E-state index in [1.54, 1.807) is 0 Å². The van der Waals surface area contributed by atoms with Crippen LogP contribution < -0.4 is 11.1 Å². The number of nitrogens with one attached hydrogen (secondary N) is 1. The van der Waals surface area contributed by atoms with Gasteiger partial charge in [-0.25, -0.2) is 0 Å². The molecule has 3 nitrogen and oxygen atoms in total. The van der Waals surface area contributed by atoms with Crippen molar-refractivity contribution >= 4 is 0 Å². The van der Waals surface area contributed by atoms with Crippen molar-refractivity contribution in [3.63, 3.8) is 0 Å².